The summed E-state index contributed by atoms with van der Waals surface area (Å²) in [5.74, 6) is 0.665. The number of rotatable bonds is 4. The highest BCUT2D eigenvalue weighted by Crippen LogP contribution is 2.20. The van der Waals surface area contributed by atoms with Crippen molar-refractivity contribution in [3.05, 3.63) is 64.7 Å². The van der Waals surface area contributed by atoms with Gasteiger partial charge in [-0.3, -0.25) is 0 Å². The van der Waals surface area contributed by atoms with Crippen molar-refractivity contribution in [3.8, 4) is 11.4 Å². The van der Waals surface area contributed by atoms with Crippen molar-refractivity contribution >= 4 is 38.9 Å². The summed E-state index contributed by atoms with van der Waals surface area (Å²) in [5, 5.41) is 7.49. The molecule has 0 amide bonds. The molecule has 0 aliphatic heterocycles. The molecule has 3 rings (SSSR count). The number of anilines is 1. The number of benzene rings is 2. The molecule has 0 bridgehead atoms. The van der Waals surface area contributed by atoms with Crippen molar-refractivity contribution in [1.82, 2.24) is 15.0 Å². The fourth-order valence-corrected chi connectivity index (χ4v) is 2.67. The van der Waals surface area contributed by atoms with E-state index in [1.54, 1.807) is 17.0 Å². The summed E-state index contributed by atoms with van der Waals surface area (Å²) in [4.78, 5) is 6.15. The first-order valence-electron chi connectivity index (χ1n) is 7.37. The van der Waals surface area contributed by atoms with E-state index in [1.165, 1.54) is 12.1 Å². The molecule has 5 nitrogen and oxygen atoms in total. The normalized spacial score (nSPS) is 10.5. The third-order valence-electron chi connectivity index (χ3n) is 3.37. The summed E-state index contributed by atoms with van der Waals surface area (Å²) >= 11 is 8.75. The molecule has 0 saturated heterocycles. The number of halogens is 2. The van der Waals surface area contributed by atoms with Gasteiger partial charge in [0.05, 0.1) is 6.54 Å². The van der Waals surface area contributed by atoms with Crippen molar-refractivity contribution in [2.24, 2.45) is 0 Å². The van der Waals surface area contributed by atoms with Crippen molar-refractivity contribution in [2.45, 2.75) is 6.54 Å². The predicted octanol–water partition coefficient (Wildman–Crippen LogP) is 4.47. The number of hydrogen-bond donors (Lipinski definition) is 1. The maximum absolute atomic E-state index is 12.9. The van der Waals surface area contributed by atoms with Crippen LogP contribution in [0.4, 0.5) is 10.1 Å². The number of hydrogen-bond acceptors (Lipinski definition) is 4. The Kier molecular flexibility index (Phi) is 5.40. The molecule has 128 valence electrons. The highest BCUT2D eigenvalue weighted by molar-refractivity contribution is 9.10. The molecule has 25 heavy (non-hydrogen) atoms. The van der Waals surface area contributed by atoms with Crippen LogP contribution in [0.3, 0.4) is 0 Å². The van der Waals surface area contributed by atoms with E-state index in [9.17, 15) is 4.39 Å². The molecule has 0 unspecified atom stereocenters. The van der Waals surface area contributed by atoms with Crippen LogP contribution in [0.25, 0.3) is 11.4 Å². The zero-order valence-corrected chi connectivity index (χ0v) is 15.6. The van der Waals surface area contributed by atoms with Crippen LogP contribution in [0.2, 0.25) is 0 Å². The summed E-state index contributed by atoms with van der Waals surface area (Å²) in [5.41, 5.74) is 1.57. The maximum atomic E-state index is 12.9. The van der Waals surface area contributed by atoms with E-state index in [1.807, 2.05) is 31.3 Å². The van der Waals surface area contributed by atoms with Crippen LogP contribution < -0.4 is 5.32 Å². The second kappa shape index (κ2) is 7.71. The lowest BCUT2D eigenvalue weighted by molar-refractivity contribution is 0.336. The Hall–Kier alpha value is -2.32. The average molecular weight is 421 g/mol. The molecule has 1 heterocycles. The van der Waals surface area contributed by atoms with Gasteiger partial charge in [-0.25, -0.2) is 4.39 Å². The van der Waals surface area contributed by atoms with E-state index in [-0.39, 0.29) is 5.82 Å². The molecule has 0 atom stereocenters. The van der Waals surface area contributed by atoms with Gasteiger partial charge >= 0.3 is 0 Å². The van der Waals surface area contributed by atoms with Gasteiger partial charge in [0.15, 0.2) is 5.11 Å². The maximum Gasteiger partial charge on any atom is 0.246 e. The van der Waals surface area contributed by atoms with Crippen molar-refractivity contribution in [3.63, 3.8) is 0 Å². The number of thiocarbonyl (C=S) groups is 1. The highest BCUT2D eigenvalue weighted by Gasteiger charge is 2.13. The molecule has 1 N–H and O–H groups in total. The minimum Gasteiger partial charge on any atom is -0.343 e. The van der Waals surface area contributed by atoms with Gasteiger partial charge in [0, 0.05) is 22.8 Å². The molecule has 0 fully saturated rings. The molecule has 8 heteroatoms. The van der Waals surface area contributed by atoms with Gasteiger partial charge in [-0.05, 0) is 48.6 Å². The average Bonchev–Trinajstić information content (AvgIpc) is 3.05. The molecule has 0 saturated carbocycles. The molecule has 0 spiro atoms. The van der Waals surface area contributed by atoms with Gasteiger partial charge in [0.25, 0.3) is 0 Å². The number of nitrogens with one attached hydrogen (secondary N) is 1. The van der Waals surface area contributed by atoms with Crippen LogP contribution >= 0.6 is 28.1 Å². The van der Waals surface area contributed by atoms with Crippen LogP contribution in [0, 0.1) is 5.82 Å². The lowest BCUT2D eigenvalue weighted by atomic mass is 10.2. The lowest BCUT2D eigenvalue weighted by Gasteiger charge is -2.19. The summed E-state index contributed by atoms with van der Waals surface area (Å²) in [6, 6.07) is 13.6. The molecular formula is C17H14BrFN4OS. The Labute approximate surface area is 158 Å². The second-order valence-corrected chi connectivity index (χ2v) is 6.62. The smallest absolute Gasteiger partial charge is 0.246 e. The monoisotopic (exact) mass is 420 g/mol. The Balaban J connectivity index is 1.64. The summed E-state index contributed by atoms with van der Waals surface area (Å²) in [6.07, 6.45) is 0. The standard InChI is InChI=1S/C17H14BrFN4OS/c1-23(17(25)20-14-7-5-13(19)6-8-14)10-15-21-16(22-24-15)11-3-2-4-12(18)9-11/h2-9H,10H2,1H3,(H,20,25). The topological polar surface area (TPSA) is 54.2 Å². The fourth-order valence-electron chi connectivity index (χ4n) is 2.09. The summed E-state index contributed by atoms with van der Waals surface area (Å²) < 4.78 is 19.2. The first-order valence-corrected chi connectivity index (χ1v) is 8.57. The lowest BCUT2D eigenvalue weighted by Crippen LogP contribution is -2.30. The quantitative estimate of drug-likeness (QED) is 0.628. The van der Waals surface area contributed by atoms with E-state index in [2.05, 4.69) is 31.4 Å². The predicted molar refractivity (Wildman–Crippen MR) is 102 cm³/mol. The van der Waals surface area contributed by atoms with Crippen molar-refractivity contribution < 1.29 is 8.91 Å². The van der Waals surface area contributed by atoms with Crippen LogP contribution in [0.5, 0.6) is 0 Å². The first kappa shape index (κ1) is 17.5. The van der Waals surface area contributed by atoms with Gasteiger partial charge in [-0.1, -0.05) is 33.2 Å². The Morgan fingerprint density at radius 3 is 2.76 bits per heavy atom. The fraction of sp³-hybridized carbons (Fsp3) is 0.118. The minimum absolute atomic E-state index is 0.296. The number of nitrogens with zero attached hydrogens (tertiary/aromatic N) is 3. The molecular weight excluding hydrogens is 407 g/mol. The molecule has 0 aliphatic rings. The molecule has 2 aromatic carbocycles. The largest absolute Gasteiger partial charge is 0.343 e. The van der Waals surface area contributed by atoms with Crippen molar-refractivity contribution in [1.29, 1.82) is 0 Å². The van der Waals surface area contributed by atoms with E-state index >= 15 is 0 Å². The zero-order chi connectivity index (χ0) is 17.8. The third kappa shape index (κ3) is 4.61. The van der Waals surface area contributed by atoms with Gasteiger partial charge < -0.3 is 14.7 Å². The molecule has 0 radical (unpaired) electrons. The van der Waals surface area contributed by atoms with E-state index < -0.39 is 0 Å². The summed E-state index contributed by atoms with van der Waals surface area (Å²) in [7, 11) is 1.81. The van der Waals surface area contributed by atoms with E-state index in [0.717, 1.165) is 10.0 Å². The minimum atomic E-state index is -0.296. The molecule has 3 aromatic rings. The Morgan fingerprint density at radius 1 is 1.28 bits per heavy atom. The molecule has 0 aliphatic carbocycles. The molecule has 1 aromatic heterocycles. The van der Waals surface area contributed by atoms with Gasteiger partial charge in [-0.2, -0.15) is 4.98 Å². The highest BCUT2D eigenvalue weighted by atomic mass is 79.9. The first-order chi connectivity index (χ1) is 12.0. The number of aromatic nitrogens is 2. The SMILES string of the molecule is CN(Cc1nc(-c2cccc(Br)c2)no1)C(=S)Nc1ccc(F)cc1. The summed E-state index contributed by atoms with van der Waals surface area (Å²) in [6.45, 7) is 0.355. The Morgan fingerprint density at radius 2 is 2.04 bits per heavy atom. The zero-order valence-electron chi connectivity index (χ0n) is 13.2. The van der Waals surface area contributed by atoms with Gasteiger partial charge in [-0.15, -0.1) is 0 Å². The van der Waals surface area contributed by atoms with E-state index in [0.29, 0.717) is 29.1 Å². The van der Waals surface area contributed by atoms with Crippen LogP contribution in [-0.2, 0) is 6.54 Å². The van der Waals surface area contributed by atoms with Gasteiger partial charge in [0.1, 0.15) is 5.82 Å². The van der Waals surface area contributed by atoms with Crippen LogP contribution in [-0.4, -0.2) is 27.2 Å². The van der Waals surface area contributed by atoms with Crippen LogP contribution in [0.15, 0.2) is 57.5 Å². The van der Waals surface area contributed by atoms with Gasteiger partial charge in [0.2, 0.25) is 11.7 Å². The van der Waals surface area contributed by atoms with E-state index in [4.69, 9.17) is 16.7 Å². The Bertz CT molecular complexity index is 884. The van der Waals surface area contributed by atoms with Crippen LogP contribution in [0.1, 0.15) is 5.89 Å². The second-order valence-electron chi connectivity index (χ2n) is 5.32. The van der Waals surface area contributed by atoms with Crippen molar-refractivity contribution in [2.75, 3.05) is 12.4 Å². The third-order valence-corrected chi connectivity index (χ3v) is 4.27.